The van der Waals surface area contributed by atoms with Crippen LogP contribution in [0.3, 0.4) is 0 Å². The molecule has 27 heavy (non-hydrogen) atoms. The van der Waals surface area contributed by atoms with E-state index in [2.05, 4.69) is 49.9 Å². The van der Waals surface area contributed by atoms with Gasteiger partial charge in [-0.25, -0.2) is 8.78 Å². The maximum absolute atomic E-state index is 14.1. The van der Waals surface area contributed by atoms with Gasteiger partial charge in [0.25, 0.3) is 5.92 Å². The first-order valence-electron chi connectivity index (χ1n) is 10.8. The molecule has 2 heteroatoms. The average Bonchev–Trinajstić information content (AvgIpc) is 2.67. The molecule has 0 amide bonds. The SMILES string of the molecule is C=CC1CCC(/C=C/C2CCC(c3ccc(CCC)cc3)CC2)CC1(F)F. The van der Waals surface area contributed by atoms with Crippen LogP contribution in [0.1, 0.15) is 75.3 Å². The summed E-state index contributed by atoms with van der Waals surface area (Å²) >= 11 is 0. The zero-order valence-corrected chi connectivity index (χ0v) is 16.7. The van der Waals surface area contributed by atoms with Gasteiger partial charge in [-0.2, -0.15) is 0 Å². The van der Waals surface area contributed by atoms with Crippen LogP contribution in [0, 0.1) is 17.8 Å². The fourth-order valence-electron chi connectivity index (χ4n) is 4.87. The highest BCUT2D eigenvalue weighted by atomic mass is 19.3. The van der Waals surface area contributed by atoms with Crippen LogP contribution in [0.2, 0.25) is 0 Å². The summed E-state index contributed by atoms with van der Waals surface area (Å²) in [6, 6.07) is 9.19. The number of rotatable bonds is 6. The summed E-state index contributed by atoms with van der Waals surface area (Å²) in [5.41, 5.74) is 2.90. The zero-order chi connectivity index (χ0) is 19.3. The zero-order valence-electron chi connectivity index (χ0n) is 16.7. The number of aryl methyl sites for hydroxylation is 1. The summed E-state index contributed by atoms with van der Waals surface area (Å²) in [7, 11) is 0. The normalized spacial score (nSPS) is 31.1. The molecule has 0 bridgehead atoms. The number of allylic oxidation sites excluding steroid dienone is 3. The van der Waals surface area contributed by atoms with Crippen molar-refractivity contribution in [3.8, 4) is 0 Å². The molecule has 0 saturated heterocycles. The Labute approximate surface area is 163 Å². The largest absolute Gasteiger partial charge is 0.254 e. The van der Waals surface area contributed by atoms with Gasteiger partial charge in [-0.05, 0) is 73.8 Å². The molecule has 2 atom stereocenters. The Bertz CT molecular complexity index is 620. The van der Waals surface area contributed by atoms with E-state index in [0.717, 1.165) is 12.8 Å². The van der Waals surface area contributed by atoms with Crippen molar-refractivity contribution in [2.24, 2.45) is 17.8 Å². The number of alkyl halides is 2. The Balaban J connectivity index is 1.48. The highest BCUT2D eigenvalue weighted by Crippen LogP contribution is 2.43. The van der Waals surface area contributed by atoms with E-state index in [-0.39, 0.29) is 12.3 Å². The molecule has 1 aromatic rings. The molecule has 0 spiro atoms. The quantitative estimate of drug-likeness (QED) is 0.449. The lowest BCUT2D eigenvalue weighted by atomic mass is 9.76. The topological polar surface area (TPSA) is 0 Å². The third-order valence-electron chi connectivity index (χ3n) is 6.63. The molecule has 2 aliphatic carbocycles. The smallest absolute Gasteiger partial charge is 0.206 e. The van der Waals surface area contributed by atoms with Crippen LogP contribution in [0.4, 0.5) is 8.78 Å². The van der Waals surface area contributed by atoms with Gasteiger partial charge in [-0.1, -0.05) is 55.8 Å². The molecule has 2 unspecified atom stereocenters. The molecule has 0 radical (unpaired) electrons. The number of benzene rings is 1. The van der Waals surface area contributed by atoms with E-state index in [1.807, 2.05) is 0 Å². The highest BCUT2D eigenvalue weighted by molar-refractivity contribution is 5.26. The van der Waals surface area contributed by atoms with Crippen molar-refractivity contribution in [2.75, 3.05) is 0 Å². The maximum Gasteiger partial charge on any atom is 0.254 e. The number of hydrogen-bond acceptors (Lipinski definition) is 0. The standard InChI is InChI=1S/C25H34F2/c1-3-5-19-8-13-22(14-9-19)23-15-10-20(11-16-23)6-7-21-12-17-24(4-2)25(26,27)18-21/h4,6-9,13-14,20-21,23-24H,2-3,5,10-12,15-18H2,1H3/b7-6+. The van der Waals surface area contributed by atoms with Gasteiger partial charge in [0.2, 0.25) is 0 Å². The Hall–Kier alpha value is -1.44. The molecule has 1 aromatic carbocycles. The molecule has 2 aliphatic rings. The van der Waals surface area contributed by atoms with Crippen LogP contribution in [-0.2, 0) is 6.42 Å². The van der Waals surface area contributed by atoms with E-state index in [4.69, 9.17) is 0 Å². The summed E-state index contributed by atoms with van der Waals surface area (Å²) in [6.07, 6.45) is 14.3. The Morgan fingerprint density at radius 1 is 0.963 bits per heavy atom. The van der Waals surface area contributed by atoms with Crippen LogP contribution in [-0.4, -0.2) is 5.92 Å². The van der Waals surface area contributed by atoms with Gasteiger partial charge in [-0.3, -0.25) is 0 Å². The second kappa shape index (κ2) is 9.17. The lowest BCUT2D eigenvalue weighted by Gasteiger charge is -2.33. The third kappa shape index (κ3) is 5.30. The van der Waals surface area contributed by atoms with Crippen molar-refractivity contribution in [2.45, 2.75) is 76.6 Å². The van der Waals surface area contributed by atoms with E-state index in [1.54, 1.807) is 0 Å². The number of halogens is 2. The highest BCUT2D eigenvalue weighted by Gasteiger charge is 2.42. The predicted octanol–water partition coefficient (Wildman–Crippen LogP) is 7.71. The lowest BCUT2D eigenvalue weighted by molar-refractivity contribution is -0.0782. The minimum atomic E-state index is -2.59. The molecule has 0 aromatic heterocycles. The summed E-state index contributed by atoms with van der Waals surface area (Å²) in [5, 5.41) is 0. The van der Waals surface area contributed by atoms with Crippen LogP contribution < -0.4 is 0 Å². The van der Waals surface area contributed by atoms with E-state index >= 15 is 0 Å². The van der Waals surface area contributed by atoms with Crippen molar-refractivity contribution < 1.29 is 8.78 Å². The van der Waals surface area contributed by atoms with Crippen LogP contribution in [0.25, 0.3) is 0 Å². The van der Waals surface area contributed by atoms with Crippen molar-refractivity contribution in [3.05, 3.63) is 60.2 Å². The molecule has 0 aliphatic heterocycles. The van der Waals surface area contributed by atoms with Gasteiger partial charge < -0.3 is 0 Å². The minimum Gasteiger partial charge on any atom is -0.206 e. The fraction of sp³-hybridized carbons (Fsp3) is 0.600. The third-order valence-corrected chi connectivity index (χ3v) is 6.63. The second-order valence-electron chi connectivity index (χ2n) is 8.63. The van der Waals surface area contributed by atoms with Gasteiger partial charge in [0.1, 0.15) is 0 Å². The maximum atomic E-state index is 14.1. The fourth-order valence-corrected chi connectivity index (χ4v) is 4.87. The van der Waals surface area contributed by atoms with Gasteiger partial charge in [-0.15, -0.1) is 6.58 Å². The monoisotopic (exact) mass is 372 g/mol. The molecule has 148 valence electrons. The predicted molar refractivity (Wildman–Crippen MR) is 110 cm³/mol. The number of hydrogen-bond donors (Lipinski definition) is 0. The van der Waals surface area contributed by atoms with E-state index in [9.17, 15) is 8.78 Å². The first kappa shape index (κ1) is 20.3. The molecular formula is C25H34F2. The molecule has 2 fully saturated rings. The summed E-state index contributed by atoms with van der Waals surface area (Å²) in [6.45, 7) is 5.79. The molecule has 0 heterocycles. The van der Waals surface area contributed by atoms with Crippen LogP contribution in [0.5, 0.6) is 0 Å². The lowest BCUT2D eigenvalue weighted by Crippen LogP contribution is -2.34. The summed E-state index contributed by atoms with van der Waals surface area (Å²) < 4.78 is 28.2. The van der Waals surface area contributed by atoms with Crippen molar-refractivity contribution in [3.63, 3.8) is 0 Å². The second-order valence-corrected chi connectivity index (χ2v) is 8.63. The Morgan fingerprint density at radius 3 is 2.19 bits per heavy atom. The van der Waals surface area contributed by atoms with Gasteiger partial charge in [0.05, 0.1) is 0 Å². The molecule has 0 N–H and O–H groups in total. The van der Waals surface area contributed by atoms with E-state index in [0.29, 0.717) is 18.3 Å². The summed E-state index contributed by atoms with van der Waals surface area (Å²) in [5.74, 6) is -1.97. The molecular weight excluding hydrogens is 338 g/mol. The minimum absolute atomic E-state index is 0.0142. The van der Waals surface area contributed by atoms with Crippen LogP contribution in [0.15, 0.2) is 49.1 Å². The average molecular weight is 373 g/mol. The van der Waals surface area contributed by atoms with Crippen molar-refractivity contribution >= 4 is 0 Å². The summed E-state index contributed by atoms with van der Waals surface area (Å²) in [4.78, 5) is 0. The Kier molecular flexibility index (Phi) is 6.89. The van der Waals surface area contributed by atoms with Crippen molar-refractivity contribution in [1.29, 1.82) is 0 Å². The molecule has 0 nitrogen and oxygen atoms in total. The molecule has 2 saturated carbocycles. The van der Waals surface area contributed by atoms with Crippen molar-refractivity contribution in [1.82, 2.24) is 0 Å². The van der Waals surface area contributed by atoms with E-state index in [1.165, 1.54) is 49.3 Å². The van der Waals surface area contributed by atoms with Gasteiger partial charge in [0.15, 0.2) is 0 Å². The van der Waals surface area contributed by atoms with Gasteiger partial charge >= 0.3 is 0 Å². The van der Waals surface area contributed by atoms with Crippen LogP contribution >= 0.6 is 0 Å². The molecule has 3 rings (SSSR count). The first-order valence-corrected chi connectivity index (χ1v) is 10.8. The Morgan fingerprint density at radius 2 is 1.59 bits per heavy atom. The van der Waals surface area contributed by atoms with E-state index < -0.39 is 11.8 Å². The first-order chi connectivity index (χ1) is 13.0. The van der Waals surface area contributed by atoms with Gasteiger partial charge in [0, 0.05) is 12.3 Å².